The zero-order valence-corrected chi connectivity index (χ0v) is 13.2. The predicted octanol–water partition coefficient (Wildman–Crippen LogP) is 2.65. The van der Waals surface area contributed by atoms with Gasteiger partial charge in [0.2, 0.25) is 0 Å². The van der Waals surface area contributed by atoms with Crippen molar-refractivity contribution in [3.8, 4) is 5.75 Å². The number of nitrogens with zero attached hydrogens (tertiary/aromatic N) is 3. The highest BCUT2D eigenvalue weighted by Gasteiger charge is 2.18. The summed E-state index contributed by atoms with van der Waals surface area (Å²) in [4.78, 5) is 9.20. The Morgan fingerprint density at radius 2 is 2.10 bits per heavy atom. The molecule has 1 aliphatic heterocycles. The molecule has 0 radical (unpaired) electrons. The normalized spacial score (nSPS) is 16.1. The average molecular weight is 303 g/mol. The lowest BCUT2D eigenvalue weighted by atomic mass is 10.2. The smallest absolute Gasteiger partial charge is 0.185 e. The van der Waals surface area contributed by atoms with E-state index in [0.29, 0.717) is 0 Å². The summed E-state index contributed by atoms with van der Waals surface area (Å²) in [6, 6.07) is 8.23. The molecule has 1 saturated heterocycles. The number of benzene rings is 1. The van der Waals surface area contributed by atoms with Gasteiger partial charge < -0.3 is 9.64 Å². The number of ether oxygens (including phenoxy) is 1. The maximum absolute atomic E-state index is 5.82. The molecule has 112 valence electrons. The molecule has 0 amide bonds. The van der Waals surface area contributed by atoms with Crippen LogP contribution in [0.4, 0.5) is 5.13 Å². The maximum Gasteiger partial charge on any atom is 0.185 e. The lowest BCUT2D eigenvalue weighted by Crippen LogP contribution is -2.47. The predicted molar refractivity (Wildman–Crippen MR) is 87.4 cm³/mol. The Morgan fingerprint density at radius 1 is 1.24 bits per heavy atom. The van der Waals surface area contributed by atoms with Gasteiger partial charge in [0.1, 0.15) is 12.4 Å². The monoisotopic (exact) mass is 303 g/mol. The van der Waals surface area contributed by atoms with Crippen molar-refractivity contribution in [2.75, 3.05) is 44.2 Å². The van der Waals surface area contributed by atoms with Crippen molar-refractivity contribution in [2.24, 2.45) is 0 Å². The number of aryl methyl sites for hydroxylation is 1. The Balaban J connectivity index is 1.40. The maximum atomic E-state index is 5.82. The summed E-state index contributed by atoms with van der Waals surface area (Å²) in [6.07, 6.45) is 1.88. The first-order valence-electron chi connectivity index (χ1n) is 7.37. The molecule has 1 aromatic heterocycles. The zero-order chi connectivity index (χ0) is 14.5. The van der Waals surface area contributed by atoms with E-state index in [2.05, 4.69) is 33.8 Å². The minimum Gasteiger partial charge on any atom is -0.492 e. The molecule has 2 heterocycles. The van der Waals surface area contributed by atoms with Gasteiger partial charge in [-0.2, -0.15) is 0 Å². The molecule has 4 nitrogen and oxygen atoms in total. The molecule has 0 spiro atoms. The Bertz CT molecular complexity index is 550. The summed E-state index contributed by atoms with van der Waals surface area (Å²) in [5.41, 5.74) is 1.24. The molecule has 21 heavy (non-hydrogen) atoms. The van der Waals surface area contributed by atoms with Gasteiger partial charge in [-0.05, 0) is 24.6 Å². The summed E-state index contributed by atoms with van der Waals surface area (Å²) in [6.45, 7) is 8.09. The van der Waals surface area contributed by atoms with Crippen LogP contribution in [-0.4, -0.2) is 49.2 Å². The van der Waals surface area contributed by atoms with Gasteiger partial charge in [-0.1, -0.05) is 12.1 Å². The van der Waals surface area contributed by atoms with E-state index in [1.54, 1.807) is 11.3 Å². The molecule has 1 aliphatic rings. The van der Waals surface area contributed by atoms with Crippen molar-refractivity contribution in [3.05, 3.63) is 41.4 Å². The van der Waals surface area contributed by atoms with Crippen LogP contribution in [0.15, 0.2) is 35.8 Å². The lowest BCUT2D eigenvalue weighted by Gasteiger charge is -2.34. The first kappa shape index (κ1) is 14.4. The van der Waals surface area contributed by atoms with Gasteiger partial charge in [0.05, 0.1) is 0 Å². The third kappa shape index (κ3) is 3.95. The SMILES string of the molecule is Cc1cccc(OCCN2CCN(c3nccs3)CC2)c1. The number of hydrogen-bond donors (Lipinski definition) is 0. The molecule has 1 fully saturated rings. The van der Waals surface area contributed by atoms with Crippen molar-refractivity contribution >= 4 is 16.5 Å². The van der Waals surface area contributed by atoms with Gasteiger partial charge in [-0.3, -0.25) is 4.90 Å². The standard InChI is InChI=1S/C16H21N3OS/c1-14-3-2-4-15(13-14)20-11-10-18-6-8-19(9-7-18)16-17-5-12-21-16/h2-5,12-13H,6-11H2,1H3. The lowest BCUT2D eigenvalue weighted by molar-refractivity contribution is 0.200. The molecule has 0 aliphatic carbocycles. The van der Waals surface area contributed by atoms with Crippen molar-refractivity contribution in [1.29, 1.82) is 0 Å². The largest absolute Gasteiger partial charge is 0.492 e. The molecule has 0 atom stereocenters. The van der Waals surface area contributed by atoms with E-state index in [9.17, 15) is 0 Å². The minimum atomic E-state index is 0.751. The van der Waals surface area contributed by atoms with Crippen LogP contribution in [0.2, 0.25) is 0 Å². The Kier molecular flexibility index (Phi) is 4.72. The van der Waals surface area contributed by atoms with E-state index < -0.39 is 0 Å². The molecule has 0 bridgehead atoms. The van der Waals surface area contributed by atoms with Crippen LogP contribution in [0.5, 0.6) is 5.75 Å². The van der Waals surface area contributed by atoms with Crippen LogP contribution in [0.1, 0.15) is 5.56 Å². The average Bonchev–Trinajstić information content (AvgIpc) is 3.02. The molecule has 5 heteroatoms. The summed E-state index contributed by atoms with van der Waals surface area (Å²) in [5.74, 6) is 0.969. The van der Waals surface area contributed by atoms with Crippen molar-refractivity contribution in [1.82, 2.24) is 9.88 Å². The third-order valence-electron chi connectivity index (χ3n) is 3.73. The quantitative estimate of drug-likeness (QED) is 0.849. The molecular formula is C16H21N3OS. The third-order valence-corrected chi connectivity index (χ3v) is 4.56. The van der Waals surface area contributed by atoms with Gasteiger partial charge in [0, 0.05) is 44.3 Å². The highest BCUT2D eigenvalue weighted by atomic mass is 32.1. The fourth-order valence-corrected chi connectivity index (χ4v) is 3.23. The van der Waals surface area contributed by atoms with Gasteiger partial charge >= 0.3 is 0 Å². The van der Waals surface area contributed by atoms with E-state index in [-0.39, 0.29) is 0 Å². The molecular weight excluding hydrogens is 282 g/mol. The van der Waals surface area contributed by atoms with Gasteiger partial charge in [0.25, 0.3) is 0 Å². The Hall–Kier alpha value is -1.59. The van der Waals surface area contributed by atoms with Gasteiger partial charge in [-0.15, -0.1) is 11.3 Å². The van der Waals surface area contributed by atoms with Crippen LogP contribution in [0.3, 0.4) is 0 Å². The Labute approximate surface area is 130 Å². The number of anilines is 1. The number of aromatic nitrogens is 1. The molecule has 2 aromatic rings. The number of rotatable bonds is 5. The summed E-state index contributed by atoms with van der Waals surface area (Å²) >= 11 is 1.72. The van der Waals surface area contributed by atoms with Crippen molar-refractivity contribution in [3.63, 3.8) is 0 Å². The van der Waals surface area contributed by atoms with Crippen LogP contribution in [-0.2, 0) is 0 Å². The Morgan fingerprint density at radius 3 is 2.81 bits per heavy atom. The first-order valence-corrected chi connectivity index (χ1v) is 8.25. The number of thiazole rings is 1. The van der Waals surface area contributed by atoms with Gasteiger partial charge in [-0.25, -0.2) is 4.98 Å². The van der Waals surface area contributed by atoms with E-state index in [1.165, 1.54) is 5.56 Å². The minimum absolute atomic E-state index is 0.751. The summed E-state index contributed by atoms with van der Waals surface area (Å²) < 4.78 is 5.82. The fourth-order valence-electron chi connectivity index (χ4n) is 2.53. The number of piperazine rings is 1. The molecule has 1 aromatic carbocycles. The second kappa shape index (κ2) is 6.91. The highest BCUT2D eigenvalue weighted by Crippen LogP contribution is 2.18. The van der Waals surface area contributed by atoms with E-state index in [0.717, 1.165) is 50.2 Å². The first-order chi connectivity index (χ1) is 10.3. The van der Waals surface area contributed by atoms with Crippen molar-refractivity contribution < 1.29 is 4.74 Å². The van der Waals surface area contributed by atoms with Crippen LogP contribution >= 0.6 is 11.3 Å². The summed E-state index contributed by atoms with van der Waals surface area (Å²) in [5, 5.41) is 3.18. The molecule has 3 rings (SSSR count). The van der Waals surface area contributed by atoms with Gasteiger partial charge in [0.15, 0.2) is 5.13 Å². The molecule has 0 saturated carbocycles. The van der Waals surface area contributed by atoms with E-state index in [1.807, 2.05) is 23.7 Å². The second-order valence-corrected chi connectivity index (χ2v) is 6.18. The molecule has 0 unspecified atom stereocenters. The molecule has 0 N–H and O–H groups in total. The topological polar surface area (TPSA) is 28.6 Å². The van der Waals surface area contributed by atoms with Crippen LogP contribution < -0.4 is 9.64 Å². The second-order valence-electron chi connectivity index (χ2n) is 5.31. The van der Waals surface area contributed by atoms with Crippen LogP contribution in [0.25, 0.3) is 0 Å². The highest BCUT2D eigenvalue weighted by molar-refractivity contribution is 7.13. The van der Waals surface area contributed by atoms with E-state index >= 15 is 0 Å². The van der Waals surface area contributed by atoms with Crippen LogP contribution in [0, 0.1) is 6.92 Å². The fraction of sp³-hybridized carbons (Fsp3) is 0.438. The summed E-state index contributed by atoms with van der Waals surface area (Å²) in [7, 11) is 0. The van der Waals surface area contributed by atoms with E-state index in [4.69, 9.17) is 4.74 Å². The number of hydrogen-bond acceptors (Lipinski definition) is 5. The van der Waals surface area contributed by atoms with Crippen molar-refractivity contribution in [2.45, 2.75) is 6.92 Å². The zero-order valence-electron chi connectivity index (χ0n) is 12.4.